The first-order valence-corrected chi connectivity index (χ1v) is 9.58. The second-order valence-corrected chi connectivity index (χ2v) is 7.18. The summed E-state index contributed by atoms with van der Waals surface area (Å²) in [6.07, 6.45) is 6.43. The van der Waals surface area contributed by atoms with Crippen LogP contribution in [-0.2, 0) is 22.5 Å². The van der Waals surface area contributed by atoms with Crippen LogP contribution < -0.4 is 5.32 Å². The minimum absolute atomic E-state index is 0.0847. The Morgan fingerprint density at radius 3 is 2.78 bits per heavy atom. The molecule has 0 aliphatic carbocycles. The molecule has 4 rings (SSSR count). The molecule has 7 heteroatoms. The molecule has 27 heavy (non-hydrogen) atoms. The van der Waals surface area contributed by atoms with E-state index in [1.165, 1.54) is 0 Å². The van der Waals surface area contributed by atoms with Crippen molar-refractivity contribution in [2.75, 3.05) is 31.6 Å². The van der Waals surface area contributed by atoms with Crippen molar-refractivity contribution in [3.63, 3.8) is 0 Å². The van der Waals surface area contributed by atoms with E-state index in [4.69, 9.17) is 14.7 Å². The van der Waals surface area contributed by atoms with Crippen LogP contribution in [0.1, 0.15) is 31.0 Å². The third-order valence-corrected chi connectivity index (χ3v) is 5.35. The molecule has 2 aromatic heterocycles. The van der Waals surface area contributed by atoms with E-state index in [9.17, 15) is 4.79 Å². The summed E-state index contributed by atoms with van der Waals surface area (Å²) in [5.74, 6) is 2.27. The number of nitrogens with one attached hydrogen (secondary N) is 1. The van der Waals surface area contributed by atoms with E-state index in [-0.39, 0.29) is 5.91 Å². The van der Waals surface area contributed by atoms with Gasteiger partial charge < -0.3 is 15.0 Å². The second-order valence-electron chi connectivity index (χ2n) is 7.18. The Morgan fingerprint density at radius 1 is 1.26 bits per heavy atom. The molecule has 142 valence electrons. The van der Waals surface area contributed by atoms with Gasteiger partial charge >= 0.3 is 0 Å². The molecule has 2 aromatic rings. The van der Waals surface area contributed by atoms with Crippen molar-refractivity contribution in [1.29, 1.82) is 0 Å². The normalized spacial score (nSPS) is 17.4. The Hall–Kier alpha value is -2.54. The van der Waals surface area contributed by atoms with E-state index in [1.54, 1.807) is 19.3 Å². The fourth-order valence-corrected chi connectivity index (χ4v) is 3.67. The zero-order chi connectivity index (χ0) is 18.6. The van der Waals surface area contributed by atoms with Crippen LogP contribution in [0.4, 0.5) is 5.82 Å². The molecule has 7 nitrogen and oxygen atoms in total. The van der Waals surface area contributed by atoms with Gasteiger partial charge in [0.15, 0.2) is 5.82 Å². The van der Waals surface area contributed by atoms with Crippen molar-refractivity contribution in [2.24, 2.45) is 5.92 Å². The standard InChI is InChI=1S/C20H25N5O2/c1-14(26)25-9-4-17-18(13-25)23-19(16-2-7-21-8-3-16)24-20(17)22-12-15-5-10-27-11-6-15/h2-3,7-8,15H,4-6,9-13H2,1H3,(H,22,23,24). The van der Waals surface area contributed by atoms with E-state index in [0.717, 1.165) is 61.7 Å². The Kier molecular flexibility index (Phi) is 5.29. The van der Waals surface area contributed by atoms with Crippen LogP contribution in [-0.4, -0.2) is 52.1 Å². The maximum absolute atomic E-state index is 11.8. The monoisotopic (exact) mass is 367 g/mol. The van der Waals surface area contributed by atoms with Crippen LogP contribution in [0, 0.1) is 5.92 Å². The molecule has 0 bridgehead atoms. The highest BCUT2D eigenvalue weighted by molar-refractivity contribution is 5.74. The number of rotatable bonds is 4. The van der Waals surface area contributed by atoms with Crippen molar-refractivity contribution in [1.82, 2.24) is 19.9 Å². The second kappa shape index (κ2) is 8.00. The Morgan fingerprint density at radius 2 is 2.04 bits per heavy atom. The SMILES string of the molecule is CC(=O)N1CCc2c(nc(-c3ccncc3)nc2NCC2CCOCC2)C1. The van der Waals surface area contributed by atoms with Crippen LogP contribution in [0.2, 0.25) is 0 Å². The van der Waals surface area contributed by atoms with Crippen LogP contribution in [0.15, 0.2) is 24.5 Å². The molecule has 1 fully saturated rings. The number of nitrogens with zero attached hydrogens (tertiary/aromatic N) is 4. The summed E-state index contributed by atoms with van der Waals surface area (Å²) in [6, 6.07) is 3.82. The Balaban J connectivity index is 1.63. The van der Waals surface area contributed by atoms with E-state index in [2.05, 4.69) is 10.3 Å². The van der Waals surface area contributed by atoms with Gasteiger partial charge in [-0.1, -0.05) is 0 Å². The summed E-state index contributed by atoms with van der Waals surface area (Å²) in [4.78, 5) is 27.4. The largest absolute Gasteiger partial charge is 0.381 e. The first kappa shape index (κ1) is 17.9. The summed E-state index contributed by atoms with van der Waals surface area (Å²) in [6.45, 7) is 5.43. The minimum atomic E-state index is 0.0847. The highest BCUT2D eigenvalue weighted by Crippen LogP contribution is 2.28. The lowest BCUT2D eigenvalue weighted by atomic mass is 10.00. The molecular weight excluding hydrogens is 342 g/mol. The van der Waals surface area contributed by atoms with Crippen molar-refractivity contribution >= 4 is 11.7 Å². The lowest BCUT2D eigenvalue weighted by Gasteiger charge is -2.29. The molecule has 0 saturated carbocycles. The average molecular weight is 367 g/mol. The highest BCUT2D eigenvalue weighted by Gasteiger charge is 2.24. The molecule has 0 unspecified atom stereocenters. The van der Waals surface area contributed by atoms with Gasteiger partial charge in [0.05, 0.1) is 12.2 Å². The summed E-state index contributed by atoms with van der Waals surface area (Å²) in [5.41, 5.74) is 3.01. The maximum atomic E-state index is 11.8. The van der Waals surface area contributed by atoms with Gasteiger partial charge in [-0.25, -0.2) is 9.97 Å². The van der Waals surface area contributed by atoms with Crippen molar-refractivity contribution in [3.8, 4) is 11.4 Å². The zero-order valence-electron chi connectivity index (χ0n) is 15.6. The number of fused-ring (bicyclic) bond motifs is 1. The molecule has 1 saturated heterocycles. The minimum Gasteiger partial charge on any atom is -0.381 e. The topological polar surface area (TPSA) is 80.2 Å². The molecule has 1 amide bonds. The fourth-order valence-electron chi connectivity index (χ4n) is 3.67. The Bertz CT molecular complexity index is 806. The maximum Gasteiger partial charge on any atom is 0.219 e. The number of hydrogen-bond donors (Lipinski definition) is 1. The van der Waals surface area contributed by atoms with Crippen LogP contribution >= 0.6 is 0 Å². The number of hydrogen-bond acceptors (Lipinski definition) is 6. The smallest absolute Gasteiger partial charge is 0.219 e. The van der Waals surface area contributed by atoms with E-state index < -0.39 is 0 Å². The zero-order valence-corrected chi connectivity index (χ0v) is 15.6. The van der Waals surface area contributed by atoms with Gasteiger partial charge in [0, 0.05) is 56.7 Å². The van der Waals surface area contributed by atoms with Gasteiger partial charge in [0.25, 0.3) is 0 Å². The van der Waals surface area contributed by atoms with Gasteiger partial charge in [-0.2, -0.15) is 0 Å². The fraction of sp³-hybridized carbons (Fsp3) is 0.500. The number of anilines is 1. The van der Waals surface area contributed by atoms with Gasteiger partial charge in [-0.15, -0.1) is 0 Å². The summed E-state index contributed by atoms with van der Waals surface area (Å²) in [5, 5.41) is 3.57. The first-order valence-electron chi connectivity index (χ1n) is 9.58. The number of amides is 1. The average Bonchev–Trinajstić information content (AvgIpc) is 2.72. The summed E-state index contributed by atoms with van der Waals surface area (Å²) < 4.78 is 5.46. The van der Waals surface area contributed by atoms with Crippen LogP contribution in [0.3, 0.4) is 0 Å². The van der Waals surface area contributed by atoms with Gasteiger partial charge in [-0.3, -0.25) is 9.78 Å². The van der Waals surface area contributed by atoms with Crippen molar-refractivity contribution in [2.45, 2.75) is 32.7 Å². The molecule has 0 radical (unpaired) electrons. The van der Waals surface area contributed by atoms with E-state index >= 15 is 0 Å². The molecule has 0 spiro atoms. The molecule has 1 N–H and O–H groups in total. The van der Waals surface area contributed by atoms with Crippen LogP contribution in [0.25, 0.3) is 11.4 Å². The molecule has 0 aromatic carbocycles. The first-order chi connectivity index (χ1) is 13.2. The third kappa shape index (κ3) is 4.08. The molecule has 2 aliphatic heterocycles. The lowest BCUT2D eigenvalue weighted by Crippen LogP contribution is -2.35. The third-order valence-electron chi connectivity index (χ3n) is 5.35. The van der Waals surface area contributed by atoms with Gasteiger partial charge in [-0.05, 0) is 37.3 Å². The summed E-state index contributed by atoms with van der Waals surface area (Å²) >= 11 is 0. The number of pyridine rings is 1. The molecule has 2 aliphatic rings. The number of carbonyl (C=O) groups is 1. The molecule has 4 heterocycles. The van der Waals surface area contributed by atoms with Crippen molar-refractivity contribution < 1.29 is 9.53 Å². The number of aromatic nitrogens is 3. The molecular formula is C20H25N5O2. The van der Waals surface area contributed by atoms with Crippen LogP contribution in [0.5, 0.6) is 0 Å². The highest BCUT2D eigenvalue weighted by atomic mass is 16.5. The van der Waals surface area contributed by atoms with E-state index in [0.29, 0.717) is 24.8 Å². The lowest BCUT2D eigenvalue weighted by molar-refractivity contribution is -0.129. The Labute approximate surface area is 159 Å². The van der Waals surface area contributed by atoms with Gasteiger partial charge in [0.2, 0.25) is 5.91 Å². The number of carbonyl (C=O) groups excluding carboxylic acids is 1. The van der Waals surface area contributed by atoms with Crippen molar-refractivity contribution in [3.05, 3.63) is 35.8 Å². The molecule has 0 atom stereocenters. The quantitative estimate of drug-likeness (QED) is 0.893. The predicted molar refractivity (Wildman–Crippen MR) is 102 cm³/mol. The summed E-state index contributed by atoms with van der Waals surface area (Å²) in [7, 11) is 0. The van der Waals surface area contributed by atoms with Gasteiger partial charge in [0.1, 0.15) is 5.82 Å². The number of ether oxygens (including phenoxy) is 1. The van der Waals surface area contributed by atoms with E-state index in [1.807, 2.05) is 17.0 Å². The predicted octanol–water partition coefficient (Wildman–Crippen LogP) is 2.28.